The Kier molecular flexibility index (Phi) is 15.2. The fraction of sp³-hybridized carbons (Fsp3) is 0.333. The number of aromatic amines is 2. The molecular weight excluding hydrogens is 1280 g/mol. The van der Waals surface area contributed by atoms with Gasteiger partial charge >= 0.3 is 0 Å². The van der Waals surface area contributed by atoms with Gasteiger partial charge in [-0.05, 0) is 137 Å². The maximum Gasteiger partial charge on any atom is 0.281 e. The number of hydrogen-bond donors (Lipinski definition) is 3. The molecule has 5 aliphatic rings. The van der Waals surface area contributed by atoms with Crippen LogP contribution >= 0.6 is 0 Å². The number of aromatic nitrogens is 8. The Labute approximate surface area is 571 Å². The molecule has 6 aromatic heterocycles. The summed E-state index contributed by atoms with van der Waals surface area (Å²) in [6, 6.07) is 9.34. The van der Waals surface area contributed by atoms with E-state index >= 15 is 31.9 Å². The SMILES string of the molecule is C=CC(=O)N1CC2C(=O)N(C)c3c(c4cc(F)c(-c5c(C)ccc6[nH]nc(C7CC7)c56)c(F)c4n(-c4c(C)cc(/C=C\C(=O)N5CC6C(=O)N(C)c7c(c8cc(F)c(-c9c(C)ccc%10[nH]nc(N)c9%10)c(F)c8n(-c8c(C)ccnc8C(C)C)c7=O)N6CC5C)nc4C(C)C)c3=O)N2CC1C. The van der Waals surface area contributed by atoms with E-state index in [-0.39, 0.29) is 133 Å². The second-order valence-corrected chi connectivity index (χ2v) is 28.0. The molecule has 10 heterocycles. The van der Waals surface area contributed by atoms with Crippen LogP contribution in [0.4, 0.5) is 46.1 Å². The number of piperazine rings is 2. The predicted molar refractivity (Wildman–Crippen MR) is 379 cm³/mol. The molecule has 0 spiro atoms. The van der Waals surface area contributed by atoms with E-state index in [0.717, 1.165) is 12.8 Å². The van der Waals surface area contributed by atoms with E-state index in [9.17, 15) is 14.4 Å². The van der Waals surface area contributed by atoms with Crippen molar-refractivity contribution in [2.24, 2.45) is 0 Å². The lowest BCUT2D eigenvalue weighted by Crippen LogP contribution is -2.66. The van der Waals surface area contributed by atoms with Gasteiger partial charge in [0.2, 0.25) is 11.8 Å². The fourth-order valence-corrected chi connectivity index (χ4v) is 16.0. The lowest BCUT2D eigenvalue weighted by atomic mass is 9.91. The van der Waals surface area contributed by atoms with Gasteiger partial charge in [0.1, 0.15) is 35.1 Å². The van der Waals surface area contributed by atoms with Crippen molar-refractivity contribution in [3.8, 4) is 33.6 Å². The Morgan fingerprint density at radius 3 is 1.60 bits per heavy atom. The number of nitrogens with zero attached hydrogens (tertiary/aromatic N) is 12. The number of carbonyl (C=O) groups excluding carboxylic acids is 4. The number of aryl methyl sites for hydroxylation is 4. The Balaban J connectivity index is 0.842. The minimum Gasteiger partial charge on any atom is -0.382 e. The van der Waals surface area contributed by atoms with Crippen molar-refractivity contribution < 1.29 is 36.7 Å². The highest BCUT2D eigenvalue weighted by Crippen LogP contribution is 2.51. The maximum atomic E-state index is 19.0. The molecule has 4 N–H and O–H groups in total. The van der Waals surface area contributed by atoms with Crippen molar-refractivity contribution in [2.75, 3.05) is 65.6 Å². The van der Waals surface area contributed by atoms with Crippen molar-refractivity contribution in [1.29, 1.82) is 0 Å². The molecule has 4 aliphatic heterocycles. The number of H-pyrrole nitrogens is 2. The Hall–Kier alpha value is -11.0. The first-order valence-electron chi connectivity index (χ1n) is 33.6. The van der Waals surface area contributed by atoms with E-state index in [1.807, 2.05) is 33.8 Å². The van der Waals surface area contributed by atoms with Gasteiger partial charge in [-0.2, -0.15) is 10.2 Å². The summed E-state index contributed by atoms with van der Waals surface area (Å²) >= 11 is 0. The minimum absolute atomic E-state index is 0.00355. The molecule has 4 aromatic carbocycles. The van der Waals surface area contributed by atoms with Gasteiger partial charge in [0.25, 0.3) is 22.9 Å². The van der Waals surface area contributed by atoms with E-state index in [1.54, 1.807) is 87.9 Å². The number of carbonyl (C=O) groups is 4. The molecule has 2 saturated heterocycles. The highest BCUT2D eigenvalue weighted by molar-refractivity contribution is 6.16. The summed E-state index contributed by atoms with van der Waals surface area (Å²) in [6.45, 7) is 21.3. The monoisotopic (exact) mass is 1360 g/mol. The van der Waals surface area contributed by atoms with Crippen molar-refractivity contribution in [3.63, 3.8) is 0 Å². The zero-order valence-electron chi connectivity index (χ0n) is 57.3. The molecule has 15 rings (SSSR count). The van der Waals surface area contributed by atoms with Crippen LogP contribution in [0.1, 0.15) is 117 Å². The van der Waals surface area contributed by atoms with Crippen LogP contribution in [0.3, 0.4) is 0 Å². The van der Waals surface area contributed by atoms with E-state index in [2.05, 4.69) is 32.0 Å². The fourth-order valence-electron chi connectivity index (χ4n) is 16.0. The van der Waals surface area contributed by atoms with Gasteiger partial charge in [-0.15, -0.1) is 0 Å². The topological polar surface area (TPSA) is 241 Å². The van der Waals surface area contributed by atoms with Crippen LogP contribution in [0.15, 0.2) is 83.0 Å². The minimum atomic E-state index is -1.15. The van der Waals surface area contributed by atoms with Gasteiger partial charge in [0, 0.05) is 84.7 Å². The molecule has 1 saturated carbocycles. The molecular formula is C75H73F4N15O6. The number of pyridine rings is 4. The highest BCUT2D eigenvalue weighted by atomic mass is 19.1. The number of halogens is 4. The number of anilines is 5. The number of nitrogen functional groups attached to an aromatic ring is 1. The number of rotatable bonds is 10. The van der Waals surface area contributed by atoms with Crippen molar-refractivity contribution in [3.05, 3.63) is 162 Å². The zero-order valence-corrected chi connectivity index (χ0v) is 57.3. The maximum absolute atomic E-state index is 19.0. The van der Waals surface area contributed by atoms with E-state index in [0.29, 0.717) is 50.1 Å². The lowest BCUT2D eigenvalue weighted by molar-refractivity contribution is -0.132. The van der Waals surface area contributed by atoms with Crippen molar-refractivity contribution in [1.82, 2.24) is 49.3 Å². The third kappa shape index (κ3) is 9.45. The molecule has 21 nitrogen and oxygen atoms in total. The second kappa shape index (κ2) is 23.3. The summed E-state index contributed by atoms with van der Waals surface area (Å²) in [4.78, 5) is 108. The van der Waals surface area contributed by atoms with Crippen LogP contribution in [-0.2, 0) is 19.2 Å². The van der Waals surface area contributed by atoms with Gasteiger partial charge in [0.15, 0.2) is 17.5 Å². The highest BCUT2D eigenvalue weighted by Gasteiger charge is 2.49. The van der Waals surface area contributed by atoms with E-state index < -0.39 is 93.7 Å². The Morgan fingerprint density at radius 1 is 0.600 bits per heavy atom. The molecule has 4 atom stereocenters. The lowest BCUT2D eigenvalue weighted by Gasteiger charge is -2.50. The molecule has 10 aromatic rings. The first-order chi connectivity index (χ1) is 47.6. The summed E-state index contributed by atoms with van der Waals surface area (Å²) in [6.07, 6.45) is 7.28. The predicted octanol–water partition coefficient (Wildman–Crippen LogP) is 11.3. The van der Waals surface area contributed by atoms with Crippen LogP contribution in [0, 0.1) is 51.0 Å². The number of fused-ring (bicyclic) bond motifs is 12. The summed E-state index contributed by atoms with van der Waals surface area (Å²) in [5.74, 6) is -6.68. The summed E-state index contributed by atoms with van der Waals surface area (Å²) in [7, 11) is 2.87. The van der Waals surface area contributed by atoms with Crippen LogP contribution in [0.5, 0.6) is 0 Å². The molecule has 4 unspecified atom stereocenters. The number of nitrogens with one attached hydrogen (secondary N) is 2. The van der Waals surface area contributed by atoms with Gasteiger partial charge in [-0.1, -0.05) is 46.4 Å². The third-order valence-electron chi connectivity index (χ3n) is 21.0. The van der Waals surface area contributed by atoms with Gasteiger partial charge in [0.05, 0.1) is 97.2 Å². The third-order valence-corrected chi connectivity index (χ3v) is 21.0. The molecule has 25 heteroatoms. The van der Waals surface area contributed by atoms with Gasteiger partial charge in [-0.25, -0.2) is 17.6 Å². The van der Waals surface area contributed by atoms with Crippen LogP contribution < -0.4 is 36.5 Å². The van der Waals surface area contributed by atoms with E-state index in [1.165, 1.54) is 73.2 Å². The molecule has 512 valence electrons. The Morgan fingerprint density at radius 2 is 1.09 bits per heavy atom. The average molecular weight is 1360 g/mol. The van der Waals surface area contributed by atoms with E-state index in [4.69, 9.17) is 10.7 Å². The number of hydrogen-bond acceptors (Lipinski definition) is 13. The quantitative estimate of drug-likeness (QED) is 0.0854. The molecule has 4 amide bonds. The van der Waals surface area contributed by atoms with Gasteiger partial charge in [-0.3, -0.25) is 58.1 Å². The largest absolute Gasteiger partial charge is 0.382 e. The number of amides is 4. The standard InChI is InChI=1S/C75H73F4N15O6/c1-14-50(95)89-30-48-72(97)88(13)70-68(91(48)28-38(89)10)43-26-44(76)54(52-34(6)15-20-46-56(52)62(85-83-46)40-17-18-40)58(78)66(43)94(75(70)100)64-37(9)25-41(82-61(64)33(4)5)19-22-51(96)90-31-49-73(98)87(12)69-67(92(49)29-39(90)11)42-27-45(77)55(53-35(7)16-21-47-57(53)71(80)86-84-47)59(79)65(42)93(74(69)99)63-36(8)23-24-81-60(63)32(2)3/h14-16,19-27,32-33,38-40,48-49H,1,17-18,28-31H2,2-13H3,(H,83,85)(H3,80,84,86)/b22-19-. The van der Waals surface area contributed by atoms with Crippen LogP contribution in [0.25, 0.3) is 83.3 Å². The number of nitrogens with two attached hydrogens (primary N) is 1. The first kappa shape index (κ1) is 65.0. The molecule has 3 fully saturated rings. The molecule has 1 aliphatic carbocycles. The molecule has 0 bridgehead atoms. The first-order valence-corrected chi connectivity index (χ1v) is 33.6. The second-order valence-electron chi connectivity index (χ2n) is 28.0. The molecule has 100 heavy (non-hydrogen) atoms. The zero-order chi connectivity index (χ0) is 71.0. The van der Waals surface area contributed by atoms with Crippen LogP contribution in [-0.4, -0.2) is 137 Å². The van der Waals surface area contributed by atoms with Gasteiger partial charge < -0.3 is 35.1 Å². The summed E-state index contributed by atoms with van der Waals surface area (Å²) in [5, 5.41) is 15.5. The van der Waals surface area contributed by atoms with Crippen molar-refractivity contribution >= 4 is 102 Å². The number of benzene rings is 4. The summed E-state index contributed by atoms with van der Waals surface area (Å²) in [5.41, 5.74) is 9.03. The molecule has 0 radical (unpaired) electrons. The summed E-state index contributed by atoms with van der Waals surface area (Å²) < 4.78 is 75.3. The Bertz CT molecular complexity index is 5490. The van der Waals surface area contributed by atoms with Crippen molar-refractivity contribution in [2.45, 2.75) is 124 Å². The van der Waals surface area contributed by atoms with Crippen LogP contribution in [0.2, 0.25) is 0 Å². The normalized spacial score (nSPS) is 18.6. The number of likely N-dealkylation sites (N-methyl/N-ethyl adjacent to an activating group) is 2. The smallest absolute Gasteiger partial charge is 0.281 e. The average Bonchev–Trinajstić information content (AvgIpc) is 0.797.